The van der Waals surface area contributed by atoms with Gasteiger partial charge in [0.1, 0.15) is 6.61 Å². The van der Waals surface area contributed by atoms with Crippen molar-refractivity contribution in [2.45, 2.75) is 51.9 Å². The van der Waals surface area contributed by atoms with Crippen molar-refractivity contribution in [3.05, 3.63) is 0 Å². The van der Waals surface area contributed by atoms with Crippen molar-refractivity contribution >= 4 is 5.97 Å². The van der Waals surface area contributed by atoms with E-state index >= 15 is 0 Å². The lowest BCUT2D eigenvalue weighted by atomic mass is 10.1. The zero-order chi connectivity index (χ0) is 22.8. The number of esters is 1. The second-order valence-electron chi connectivity index (χ2n) is 7.60. The highest BCUT2D eigenvalue weighted by atomic mass is 16.6. The van der Waals surface area contributed by atoms with E-state index in [9.17, 15) is 4.79 Å². The van der Waals surface area contributed by atoms with Crippen molar-refractivity contribution in [1.29, 1.82) is 0 Å². The molecule has 0 spiro atoms. The molecule has 8 heteroatoms. The quantitative estimate of drug-likeness (QED) is 0.156. The van der Waals surface area contributed by atoms with E-state index in [4.69, 9.17) is 28.4 Å². The summed E-state index contributed by atoms with van der Waals surface area (Å²) in [6, 6.07) is 0. The molecule has 31 heavy (non-hydrogen) atoms. The maximum absolute atomic E-state index is 11.6. The van der Waals surface area contributed by atoms with Gasteiger partial charge in [0.25, 0.3) is 0 Å². The summed E-state index contributed by atoms with van der Waals surface area (Å²) in [6.45, 7) is 8.85. The third-order valence-electron chi connectivity index (χ3n) is 4.40. The Morgan fingerprint density at radius 3 is 1.48 bits per heavy atom. The molecule has 0 heterocycles. The Morgan fingerprint density at radius 1 is 0.581 bits per heavy atom. The van der Waals surface area contributed by atoms with Crippen LogP contribution < -0.4 is 0 Å². The Labute approximate surface area is 189 Å². The van der Waals surface area contributed by atoms with E-state index in [0.717, 1.165) is 26.0 Å². The zero-order valence-electron chi connectivity index (χ0n) is 20.2. The van der Waals surface area contributed by atoms with Crippen LogP contribution in [0.1, 0.15) is 51.9 Å². The minimum Gasteiger partial charge on any atom is -0.463 e. The predicted octanol–water partition coefficient (Wildman–Crippen LogP) is 2.92. The monoisotopic (exact) mass is 449 g/mol. The Balaban J connectivity index is 3.11. The van der Waals surface area contributed by atoms with Crippen molar-refractivity contribution in [3.63, 3.8) is 0 Å². The van der Waals surface area contributed by atoms with Gasteiger partial charge in [-0.25, -0.2) is 0 Å². The van der Waals surface area contributed by atoms with Crippen LogP contribution in [0.3, 0.4) is 0 Å². The summed E-state index contributed by atoms with van der Waals surface area (Å²) >= 11 is 0. The molecule has 0 fully saturated rings. The molecule has 0 aliphatic carbocycles. The third-order valence-corrected chi connectivity index (χ3v) is 4.40. The Bertz CT molecular complexity index is 370. The van der Waals surface area contributed by atoms with Crippen LogP contribution in [0, 0.1) is 0 Å². The van der Waals surface area contributed by atoms with Gasteiger partial charge in [-0.2, -0.15) is 0 Å². The molecule has 0 aromatic heterocycles. The first-order chi connectivity index (χ1) is 15.2. The van der Waals surface area contributed by atoms with Crippen LogP contribution >= 0.6 is 0 Å². The number of unbranched alkanes of at least 4 members (excludes halogenated alkanes) is 5. The Kier molecular flexibility index (Phi) is 24.9. The lowest BCUT2D eigenvalue weighted by Crippen LogP contribution is -2.19. The second kappa shape index (κ2) is 25.5. The highest BCUT2D eigenvalue weighted by Gasteiger charge is 2.02. The number of ether oxygens (including phenoxy) is 6. The Hall–Kier alpha value is -0.770. The van der Waals surface area contributed by atoms with Gasteiger partial charge in [-0.3, -0.25) is 4.79 Å². The molecule has 0 amide bonds. The molecule has 8 nitrogen and oxygen atoms in total. The molecule has 0 aromatic rings. The lowest BCUT2D eigenvalue weighted by Gasteiger charge is -2.10. The van der Waals surface area contributed by atoms with Gasteiger partial charge in [-0.15, -0.1) is 0 Å². The van der Waals surface area contributed by atoms with Gasteiger partial charge in [0.15, 0.2) is 0 Å². The van der Waals surface area contributed by atoms with Crippen LogP contribution in [0.5, 0.6) is 0 Å². The SMILES string of the molecule is CCCCCCCCC(=O)OCCOCCOCCOCCOCCOCCN(C)C. The third kappa shape index (κ3) is 27.2. The molecule has 0 aromatic carbocycles. The first-order valence-corrected chi connectivity index (χ1v) is 11.9. The summed E-state index contributed by atoms with van der Waals surface area (Å²) in [4.78, 5) is 13.7. The predicted molar refractivity (Wildman–Crippen MR) is 122 cm³/mol. The molecule has 0 saturated carbocycles. The summed E-state index contributed by atoms with van der Waals surface area (Å²) in [6.07, 6.45) is 7.51. The van der Waals surface area contributed by atoms with E-state index < -0.39 is 0 Å². The number of hydrogen-bond donors (Lipinski definition) is 0. The summed E-state index contributed by atoms with van der Waals surface area (Å²) in [5.41, 5.74) is 0. The molecule has 0 atom stereocenters. The minimum absolute atomic E-state index is 0.131. The fraction of sp³-hybridized carbons (Fsp3) is 0.957. The van der Waals surface area contributed by atoms with E-state index in [2.05, 4.69) is 11.8 Å². The largest absolute Gasteiger partial charge is 0.463 e. The second-order valence-corrected chi connectivity index (χ2v) is 7.60. The van der Waals surface area contributed by atoms with Crippen molar-refractivity contribution in [2.75, 3.05) is 93.3 Å². The van der Waals surface area contributed by atoms with Gasteiger partial charge in [0, 0.05) is 13.0 Å². The van der Waals surface area contributed by atoms with Gasteiger partial charge >= 0.3 is 5.97 Å². The summed E-state index contributed by atoms with van der Waals surface area (Å²) in [7, 11) is 4.04. The molecule has 0 N–H and O–H groups in total. The molecule has 0 unspecified atom stereocenters. The van der Waals surface area contributed by atoms with Gasteiger partial charge in [0.05, 0.1) is 66.1 Å². The molecule has 0 aliphatic rings. The first kappa shape index (κ1) is 30.2. The Morgan fingerprint density at radius 2 is 1.00 bits per heavy atom. The van der Waals surface area contributed by atoms with Crippen LogP contribution in [0.15, 0.2) is 0 Å². The van der Waals surface area contributed by atoms with Crippen molar-refractivity contribution in [3.8, 4) is 0 Å². The molecule has 0 rings (SSSR count). The van der Waals surface area contributed by atoms with Gasteiger partial charge < -0.3 is 33.3 Å². The fourth-order valence-electron chi connectivity index (χ4n) is 2.57. The van der Waals surface area contributed by atoms with Crippen molar-refractivity contribution in [2.24, 2.45) is 0 Å². The normalized spacial score (nSPS) is 11.4. The molecule has 0 saturated heterocycles. The average molecular weight is 450 g/mol. The maximum atomic E-state index is 11.6. The first-order valence-electron chi connectivity index (χ1n) is 11.9. The van der Waals surface area contributed by atoms with E-state index in [1.54, 1.807) is 0 Å². The number of carbonyl (C=O) groups excluding carboxylic acids is 1. The van der Waals surface area contributed by atoms with Crippen LogP contribution in [0.4, 0.5) is 0 Å². The smallest absolute Gasteiger partial charge is 0.305 e. The van der Waals surface area contributed by atoms with Crippen LogP contribution in [0.2, 0.25) is 0 Å². The van der Waals surface area contributed by atoms with E-state index in [1.807, 2.05) is 14.1 Å². The summed E-state index contributed by atoms with van der Waals surface area (Å²) in [5.74, 6) is -0.131. The minimum atomic E-state index is -0.131. The fourth-order valence-corrected chi connectivity index (χ4v) is 2.57. The number of hydrogen-bond acceptors (Lipinski definition) is 8. The number of carbonyl (C=O) groups is 1. The number of likely N-dealkylation sites (N-methyl/N-ethyl adjacent to an activating group) is 1. The lowest BCUT2D eigenvalue weighted by molar-refractivity contribution is -0.145. The van der Waals surface area contributed by atoms with E-state index in [1.165, 1.54) is 25.7 Å². The molecule has 0 radical (unpaired) electrons. The molecular formula is C23H47NO7. The maximum Gasteiger partial charge on any atom is 0.305 e. The van der Waals surface area contributed by atoms with Gasteiger partial charge in [-0.05, 0) is 20.5 Å². The van der Waals surface area contributed by atoms with Crippen molar-refractivity contribution < 1.29 is 33.2 Å². The summed E-state index contributed by atoms with van der Waals surface area (Å²) < 4.78 is 32.2. The zero-order valence-corrected chi connectivity index (χ0v) is 20.2. The van der Waals surface area contributed by atoms with Gasteiger partial charge in [-0.1, -0.05) is 39.0 Å². The van der Waals surface area contributed by atoms with E-state index in [0.29, 0.717) is 72.5 Å². The van der Waals surface area contributed by atoms with Crippen LogP contribution in [-0.2, 0) is 33.2 Å². The highest BCUT2D eigenvalue weighted by molar-refractivity contribution is 5.69. The van der Waals surface area contributed by atoms with Crippen molar-refractivity contribution in [1.82, 2.24) is 4.90 Å². The number of nitrogens with zero attached hydrogens (tertiary/aromatic N) is 1. The van der Waals surface area contributed by atoms with Gasteiger partial charge in [0.2, 0.25) is 0 Å². The molecular weight excluding hydrogens is 402 g/mol. The van der Waals surface area contributed by atoms with E-state index in [-0.39, 0.29) is 5.97 Å². The molecule has 0 aliphatic heterocycles. The van der Waals surface area contributed by atoms with Crippen LogP contribution in [-0.4, -0.2) is 104 Å². The average Bonchev–Trinajstić information content (AvgIpc) is 2.75. The standard InChI is InChI=1S/C23H47NO7/c1-4-5-6-7-8-9-10-23(25)31-22-21-30-20-19-29-18-17-28-16-15-27-14-13-26-12-11-24(2)3/h4-22H2,1-3H3. The molecule has 0 bridgehead atoms. The highest BCUT2D eigenvalue weighted by Crippen LogP contribution is 2.07. The number of rotatable bonds is 25. The topological polar surface area (TPSA) is 75.7 Å². The summed E-state index contributed by atoms with van der Waals surface area (Å²) in [5, 5.41) is 0. The molecule has 186 valence electrons. The van der Waals surface area contributed by atoms with Crippen LogP contribution in [0.25, 0.3) is 0 Å².